The summed E-state index contributed by atoms with van der Waals surface area (Å²) in [7, 11) is 0. The van der Waals surface area contributed by atoms with E-state index in [1.807, 2.05) is 42.5 Å². The summed E-state index contributed by atoms with van der Waals surface area (Å²) in [6.45, 7) is 1.79. The van der Waals surface area contributed by atoms with E-state index in [4.69, 9.17) is 11.6 Å². The predicted octanol–water partition coefficient (Wildman–Crippen LogP) is 5.94. The molecule has 2 aromatic carbocycles. The van der Waals surface area contributed by atoms with Gasteiger partial charge in [-0.2, -0.15) is 0 Å². The van der Waals surface area contributed by atoms with E-state index in [9.17, 15) is 4.79 Å². The molecule has 1 heterocycles. The lowest BCUT2D eigenvalue weighted by molar-refractivity contribution is 0.103. The molecule has 0 N–H and O–H groups in total. The summed E-state index contributed by atoms with van der Waals surface area (Å²) >= 11 is 9.63. The van der Waals surface area contributed by atoms with Gasteiger partial charge in [-0.3, -0.25) is 4.79 Å². The first-order valence-electron chi connectivity index (χ1n) is 7.08. The van der Waals surface area contributed by atoms with E-state index in [0.717, 1.165) is 20.9 Å². The van der Waals surface area contributed by atoms with Crippen molar-refractivity contribution in [1.29, 1.82) is 0 Å². The third-order valence-electron chi connectivity index (χ3n) is 3.52. The van der Waals surface area contributed by atoms with Crippen molar-refractivity contribution in [1.82, 2.24) is 4.98 Å². The molecule has 0 aliphatic carbocycles. The molecule has 2 nitrogen and oxygen atoms in total. The van der Waals surface area contributed by atoms with E-state index in [0.29, 0.717) is 16.3 Å². The summed E-state index contributed by atoms with van der Waals surface area (Å²) in [5, 5.41) is 1.39. The van der Waals surface area contributed by atoms with Crippen molar-refractivity contribution in [2.45, 2.75) is 6.92 Å². The van der Waals surface area contributed by atoms with Gasteiger partial charge in [0, 0.05) is 21.0 Å². The number of aromatic nitrogens is 1. The molecule has 3 rings (SSSR count). The average molecular weight is 387 g/mol. The number of benzene rings is 2. The number of hydrogen-bond donors (Lipinski definition) is 0. The first kappa shape index (κ1) is 15.9. The van der Waals surface area contributed by atoms with Gasteiger partial charge in [-0.15, -0.1) is 0 Å². The smallest absolute Gasteiger partial charge is 0.188 e. The third-order valence-corrected chi connectivity index (χ3v) is 4.32. The average Bonchev–Trinajstić information content (AvgIpc) is 2.54. The molecule has 0 aliphatic rings. The number of ketones is 1. The van der Waals surface area contributed by atoms with Crippen molar-refractivity contribution in [3.05, 3.63) is 80.9 Å². The first-order valence-corrected chi connectivity index (χ1v) is 8.25. The fraction of sp³-hybridized carbons (Fsp3) is 0.0526. The molecule has 0 bridgehead atoms. The summed E-state index contributed by atoms with van der Waals surface area (Å²) in [5.41, 5.74) is 2.83. The molecule has 0 fully saturated rings. The van der Waals surface area contributed by atoms with Crippen LogP contribution < -0.4 is 0 Å². The number of carbonyl (C=O) groups excluding carboxylic acids is 1. The van der Waals surface area contributed by atoms with E-state index < -0.39 is 0 Å². The van der Waals surface area contributed by atoms with Crippen molar-refractivity contribution in [2.75, 3.05) is 0 Å². The fourth-order valence-electron chi connectivity index (χ4n) is 2.37. The number of hydrogen-bond acceptors (Lipinski definition) is 2. The monoisotopic (exact) mass is 385 g/mol. The largest absolute Gasteiger partial charge is 0.289 e. The number of para-hydroxylation sites is 1. The molecule has 0 saturated heterocycles. The topological polar surface area (TPSA) is 30.0 Å². The first-order chi connectivity index (χ1) is 11.0. The predicted molar refractivity (Wildman–Crippen MR) is 98.9 cm³/mol. The van der Waals surface area contributed by atoms with E-state index in [2.05, 4.69) is 20.9 Å². The Kier molecular flexibility index (Phi) is 4.60. The van der Waals surface area contributed by atoms with Gasteiger partial charge >= 0.3 is 0 Å². The van der Waals surface area contributed by atoms with Gasteiger partial charge in [-0.05, 0) is 42.8 Å². The zero-order valence-corrected chi connectivity index (χ0v) is 14.7. The molecule has 4 heteroatoms. The molecule has 3 aromatic rings. The van der Waals surface area contributed by atoms with Crippen LogP contribution in [0.4, 0.5) is 0 Å². The normalized spacial score (nSPS) is 11.7. The van der Waals surface area contributed by atoms with Gasteiger partial charge in [-0.25, -0.2) is 4.98 Å². The second-order valence-corrected chi connectivity index (χ2v) is 6.50. The maximum Gasteiger partial charge on any atom is 0.188 e. The lowest BCUT2D eigenvalue weighted by Gasteiger charge is -2.05. The summed E-state index contributed by atoms with van der Waals surface area (Å²) < 4.78 is 0.876. The highest BCUT2D eigenvalue weighted by Crippen LogP contribution is 2.24. The number of halogens is 2. The molecular weight excluding hydrogens is 374 g/mol. The number of pyridine rings is 1. The number of Topliss-reactive ketones (excluding diaryl/α,β-unsaturated/α-hetero) is 1. The third kappa shape index (κ3) is 3.52. The number of allylic oxidation sites excluding steroid dienone is 1. The van der Waals surface area contributed by atoms with Gasteiger partial charge in [0.1, 0.15) is 5.15 Å². The van der Waals surface area contributed by atoms with Crippen LogP contribution in [-0.2, 0) is 0 Å². The Bertz CT molecular complexity index is 934. The minimum atomic E-state index is -0.0319. The highest BCUT2D eigenvalue weighted by molar-refractivity contribution is 9.10. The highest BCUT2D eigenvalue weighted by Gasteiger charge is 2.10. The minimum absolute atomic E-state index is 0.0319. The van der Waals surface area contributed by atoms with Crippen LogP contribution in [0.2, 0.25) is 5.15 Å². The molecule has 23 heavy (non-hydrogen) atoms. The van der Waals surface area contributed by atoms with Crippen molar-refractivity contribution in [3.63, 3.8) is 0 Å². The lowest BCUT2D eigenvalue weighted by Crippen LogP contribution is -2.00. The zero-order chi connectivity index (χ0) is 16.4. The van der Waals surface area contributed by atoms with Crippen LogP contribution in [-0.4, -0.2) is 10.8 Å². The molecule has 0 saturated carbocycles. The van der Waals surface area contributed by atoms with Crippen molar-refractivity contribution in [3.8, 4) is 0 Å². The maximum atomic E-state index is 12.5. The quantitative estimate of drug-likeness (QED) is 0.317. The highest BCUT2D eigenvalue weighted by atomic mass is 79.9. The van der Waals surface area contributed by atoms with Crippen LogP contribution in [0.5, 0.6) is 0 Å². The van der Waals surface area contributed by atoms with Crippen molar-refractivity contribution in [2.24, 2.45) is 0 Å². The fourth-order valence-corrected chi connectivity index (χ4v) is 2.97. The summed E-state index contributed by atoms with van der Waals surface area (Å²) in [5.74, 6) is -0.0319. The molecule has 0 unspecified atom stereocenters. The van der Waals surface area contributed by atoms with Crippen molar-refractivity contribution < 1.29 is 4.79 Å². The Morgan fingerprint density at radius 1 is 1.13 bits per heavy atom. The number of nitrogens with zero attached hydrogens (tertiary/aromatic N) is 1. The van der Waals surface area contributed by atoms with Crippen LogP contribution in [0.25, 0.3) is 17.0 Å². The SMILES string of the molecule is C/C(=C\c1cc2ccccc2nc1Cl)C(=O)c1cccc(Br)c1. The Morgan fingerprint density at radius 3 is 2.70 bits per heavy atom. The van der Waals surface area contributed by atoms with Crippen LogP contribution in [0, 0.1) is 0 Å². The molecule has 114 valence electrons. The minimum Gasteiger partial charge on any atom is -0.289 e. The number of rotatable bonds is 3. The Labute approximate surface area is 147 Å². The Hall–Kier alpha value is -1.97. The van der Waals surface area contributed by atoms with Crippen LogP contribution in [0.15, 0.2) is 64.6 Å². The maximum absolute atomic E-state index is 12.5. The molecule has 0 spiro atoms. The Morgan fingerprint density at radius 2 is 1.91 bits per heavy atom. The van der Waals surface area contributed by atoms with E-state index >= 15 is 0 Å². The number of carbonyl (C=O) groups is 1. The van der Waals surface area contributed by atoms with Crippen molar-refractivity contribution >= 4 is 50.3 Å². The molecule has 0 aliphatic heterocycles. The molecule has 0 atom stereocenters. The van der Waals surface area contributed by atoms with E-state index in [1.54, 1.807) is 25.1 Å². The van der Waals surface area contributed by atoms with Gasteiger partial charge in [0.25, 0.3) is 0 Å². The Balaban J connectivity index is 2.00. The molecule has 0 amide bonds. The second kappa shape index (κ2) is 6.65. The van der Waals surface area contributed by atoms with Gasteiger partial charge in [0.05, 0.1) is 5.52 Å². The van der Waals surface area contributed by atoms with Crippen LogP contribution in [0.1, 0.15) is 22.8 Å². The van der Waals surface area contributed by atoms with Gasteiger partial charge in [0.2, 0.25) is 0 Å². The zero-order valence-electron chi connectivity index (χ0n) is 12.4. The van der Waals surface area contributed by atoms with Gasteiger partial charge in [-0.1, -0.05) is 57.9 Å². The van der Waals surface area contributed by atoms with Crippen LogP contribution >= 0.6 is 27.5 Å². The van der Waals surface area contributed by atoms with Gasteiger partial charge in [0.15, 0.2) is 5.78 Å². The molecule has 1 aromatic heterocycles. The second-order valence-electron chi connectivity index (χ2n) is 5.23. The van der Waals surface area contributed by atoms with E-state index in [-0.39, 0.29) is 5.78 Å². The molecular formula is C19H13BrClNO. The standard InChI is InChI=1S/C19H13BrClNO/c1-12(18(23)14-6-4-7-16(20)11-14)9-15-10-13-5-2-3-8-17(13)22-19(15)21/h2-11H,1H3/b12-9+. The summed E-state index contributed by atoms with van der Waals surface area (Å²) in [4.78, 5) is 16.9. The number of fused-ring (bicyclic) bond motifs is 1. The lowest BCUT2D eigenvalue weighted by atomic mass is 10.0. The summed E-state index contributed by atoms with van der Waals surface area (Å²) in [6, 6.07) is 17.0. The summed E-state index contributed by atoms with van der Waals surface area (Å²) in [6.07, 6.45) is 1.78. The van der Waals surface area contributed by atoms with Gasteiger partial charge < -0.3 is 0 Å². The van der Waals surface area contributed by atoms with E-state index in [1.165, 1.54) is 0 Å². The van der Waals surface area contributed by atoms with Crippen LogP contribution in [0.3, 0.4) is 0 Å². The molecule has 0 radical (unpaired) electrons.